The maximum Gasteiger partial charge on any atom is 0.147 e. The van der Waals surface area contributed by atoms with Gasteiger partial charge in [0.25, 0.3) is 0 Å². The molecular weight excluding hydrogens is 355 g/mol. The van der Waals surface area contributed by atoms with E-state index in [0.717, 1.165) is 14.9 Å². The number of benzene rings is 2. The third-order valence-corrected chi connectivity index (χ3v) is 4.37. The fourth-order valence-corrected chi connectivity index (χ4v) is 3.08. The van der Waals surface area contributed by atoms with E-state index in [2.05, 4.69) is 15.9 Å². The summed E-state index contributed by atoms with van der Waals surface area (Å²) in [6, 6.07) is 11.8. The summed E-state index contributed by atoms with van der Waals surface area (Å²) in [6.07, 6.45) is 0.297. The van der Waals surface area contributed by atoms with Crippen molar-refractivity contribution in [3.05, 3.63) is 58.3 Å². The summed E-state index contributed by atoms with van der Waals surface area (Å²) < 4.78 is 19.2. The molecule has 0 saturated carbocycles. The van der Waals surface area contributed by atoms with E-state index in [9.17, 15) is 9.18 Å². The predicted molar refractivity (Wildman–Crippen MR) is 86.5 cm³/mol. The molecular formula is C16H14BrFO2S. The Morgan fingerprint density at radius 2 is 2.10 bits per heavy atom. The van der Waals surface area contributed by atoms with E-state index in [1.165, 1.54) is 23.9 Å². The Kier molecular flexibility index (Phi) is 5.82. The van der Waals surface area contributed by atoms with E-state index >= 15 is 0 Å². The number of hydrogen-bond acceptors (Lipinski definition) is 3. The lowest BCUT2D eigenvalue weighted by Crippen LogP contribution is -2.07. The standard InChI is InChI=1S/C16H14BrFO2S/c1-20-16-6-5-12(17)7-11(16)8-14(19)10-21-15-4-2-3-13(18)9-15/h2-7,9H,8,10H2,1H3. The fourth-order valence-electron chi connectivity index (χ4n) is 1.87. The highest BCUT2D eigenvalue weighted by molar-refractivity contribution is 9.10. The van der Waals surface area contributed by atoms with Crippen LogP contribution in [-0.2, 0) is 11.2 Å². The van der Waals surface area contributed by atoms with Crippen LogP contribution < -0.4 is 4.74 Å². The molecule has 2 aromatic carbocycles. The van der Waals surface area contributed by atoms with Gasteiger partial charge in [-0.25, -0.2) is 4.39 Å². The predicted octanol–water partition coefficient (Wildman–Crippen LogP) is 4.50. The van der Waals surface area contributed by atoms with Crippen LogP contribution in [0.5, 0.6) is 5.75 Å². The smallest absolute Gasteiger partial charge is 0.147 e. The van der Waals surface area contributed by atoms with Crippen molar-refractivity contribution < 1.29 is 13.9 Å². The van der Waals surface area contributed by atoms with Crippen molar-refractivity contribution >= 4 is 33.5 Å². The maximum absolute atomic E-state index is 13.1. The Hall–Kier alpha value is -1.33. The minimum Gasteiger partial charge on any atom is -0.496 e. The molecule has 2 rings (SSSR count). The zero-order valence-electron chi connectivity index (χ0n) is 11.4. The van der Waals surface area contributed by atoms with Crippen LogP contribution in [0.15, 0.2) is 51.8 Å². The van der Waals surface area contributed by atoms with E-state index in [4.69, 9.17) is 4.74 Å². The first-order chi connectivity index (χ1) is 10.1. The van der Waals surface area contributed by atoms with Crippen LogP contribution in [0.4, 0.5) is 4.39 Å². The number of Topliss-reactive ketones (excluding diaryl/α,β-unsaturated/α-hetero) is 1. The normalized spacial score (nSPS) is 10.4. The van der Waals surface area contributed by atoms with Gasteiger partial charge in [0.05, 0.1) is 12.9 Å². The van der Waals surface area contributed by atoms with Crippen molar-refractivity contribution in [3.8, 4) is 5.75 Å². The zero-order valence-corrected chi connectivity index (χ0v) is 13.8. The lowest BCUT2D eigenvalue weighted by atomic mass is 10.1. The summed E-state index contributed by atoms with van der Waals surface area (Å²) in [5, 5.41) is 0. The average Bonchev–Trinajstić information content (AvgIpc) is 2.45. The molecule has 0 spiro atoms. The molecule has 0 aliphatic carbocycles. The van der Waals surface area contributed by atoms with Gasteiger partial charge >= 0.3 is 0 Å². The molecule has 0 radical (unpaired) electrons. The molecule has 21 heavy (non-hydrogen) atoms. The van der Waals surface area contributed by atoms with Gasteiger partial charge < -0.3 is 4.74 Å². The molecule has 0 bridgehead atoms. The number of ketones is 1. The summed E-state index contributed by atoms with van der Waals surface area (Å²) >= 11 is 4.72. The number of hydrogen-bond donors (Lipinski definition) is 0. The van der Waals surface area contributed by atoms with Gasteiger partial charge in [0.2, 0.25) is 0 Å². The first-order valence-corrected chi connectivity index (χ1v) is 8.09. The van der Waals surface area contributed by atoms with Crippen LogP contribution >= 0.6 is 27.7 Å². The molecule has 110 valence electrons. The number of halogens is 2. The molecule has 2 aromatic rings. The van der Waals surface area contributed by atoms with Gasteiger partial charge in [-0.2, -0.15) is 0 Å². The second-order valence-electron chi connectivity index (χ2n) is 4.42. The van der Waals surface area contributed by atoms with Crippen molar-refractivity contribution in [1.29, 1.82) is 0 Å². The molecule has 0 aromatic heterocycles. The lowest BCUT2D eigenvalue weighted by molar-refractivity contribution is -0.116. The average molecular weight is 369 g/mol. The Balaban J connectivity index is 1.97. The SMILES string of the molecule is COc1ccc(Br)cc1CC(=O)CSc1cccc(F)c1. The Morgan fingerprint density at radius 1 is 1.29 bits per heavy atom. The minimum absolute atomic E-state index is 0.0701. The van der Waals surface area contributed by atoms with Gasteiger partial charge in [-0.05, 0) is 36.4 Å². The molecule has 0 fully saturated rings. The van der Waals surface area contributed by atoms with Gasteiger partial charge in [-0.1, -0.05) is 22.0 Å². The number of carbonyl (C=O) groups is 1. The number of carbonyl (C=O) groups excluding carboxylic acids is 1. The first-order valence-electron chi connectivity index (χ1n) is 6.31. The third-order valence-electron chi connectivity index (χ3n) is 2.83. The Morgan fingerprint density at radius 3 is 2.81 bits per heavy atom. The van der Waals surface area contributed by atoms with E-state index < -0.39 is 0 Å². The van der Waals surface area contributed by atoms with Crippen LogP contribution in [0.25, 0.3) is 0 Å². The maximum atomic E-state index is 13.1. The van der Waals surface area contributed by atoms with Gasteiger partial charge in [-0.3, -0.25) is 4.79 Å². The number of thioether (sulfide) groups is 1. The topological polar surface area (TPSA) is 26.3 Å². The van der Waals surface area contributed by atoms with E-state index in [1.807, 2.05) is 18.2 Å². The van der Waals surface area contributed by atoms with E-state index in [-0.39, 0.29) is 11.6 Å². The van der Waals surface area contributed by atoms with E-state index in [0.29, 0.717) is 17.9 Å². The monoisotopic (exact) mass is 368 g/mol. The van der Waals surface area contributed by atoms with Gasteiger partial charge in [0.15, 0.2) is 0 Å². The first kappa shape index (κ1) is 16.0. The lowest BCUT2D eigenvalue weighted by Gasteiger charge is -2.08. The van der Waals surface area contributed by atoms with Crippen LogP contribution in [0, 0.1) is 5.82 Å². The molecule has 2 nitrogen and oxygen atoms in total. The Bertz CT molecular complexity index is 646. The second kappa shape index (κ2) is 7.61. The Labute approximate surface area is 135 Å². The van der Waals surface area contributed by atoms with Gasteiger partial charge in [0.1, 0.15) is 17.3 Å². The van der Waals surface area contributed by atoms with E-state index in [1.54, 1.807) is 19.2 Å². The summed E-state index contributed by atoms with van der Waals surface area (Å²) in [4.78, 5) is 12.8. The molecule has 0 saturated heterocycles. The third kappa shape index (κ3) is 4.86. The molecule has 0 amide bonds. The summed E-state index contributed by atoms with van der Waals surface area (Å²) in [5.74, 6) is 0.781. The van der Waals surface area contributed by atoms with Crippen molar-refractivity contribution in [2.24, 2.45) is 0 Å². The number of ether oxygens (including phenoxy) is 1. The van der Waals surface area contributed by atoms with Gasteiger partial charge in [-0.15, -0.1) is 11.8 Å². The number of rotatable bonds is 6. The number of methoxy groups -OCH3 is 1. The van der Waals surface area contributed by atoms with Crippen LogP contribution in [0.1, 0.15) is 5.56 Å². The molecule has 0 heterocycles. The van der Waals surface area contributed by atoms with Crippen molar-refractivity contribution in [1.82, 2.24) is 0 Å². The summed E-state index contributed by atoms with van der Waals surface area (Å²) in [6.45, 7) is 0. The minimum atomic E-state index is -0.291. The van der Waals surface area contributed by atoms with Crippen molar-refractivity contribution in [2.75, 3.05) is 12.9 Å². The van der Waals surface area contributed by atoms with Crippen LogP contribution in [0.2, 0.25) is 0 Å². The quantitative estimate of drug-likeness (QED) is 0.702. The highest BCUT2D eigenvalue weighted by atomic mass is 79.9. The fraction of sp³-hybridized carbons (Fsp3) is 0.188. The molecule has 0 N–H and O–H groups in total. The van der Waals surface area contributed by atoms with Crippen LogP contribution in [-0.4, -0.2) is 18.6 Å². The largest absolute Gasteiger partial charge is 0.496 e. The summed E-state index contributed by atoms with van der Waals surface area (Å²) in [5.41, 5.74) is 0.844. The molecule has 0 aliphatic heterocycles. The van der Waals surface area contributed by atoms with Gasteiger partial charge in [0, 0.05) is 21.4 Å². The van der Waals surface area contributed by atoms with Crippen molar-refractivity contribution in [2.45, 2.75) is 11.3 Å². The molecule has 0 unspecified atom stereocenters. The van der Waals surface area contributed by atoms with Crippen molar-refractivity contribution in [3.63, 3.8) is 0 Å². The highest BCUT2D eigenvalue weighted by Crippen LogP contribution is 2.25. The van der Waals surface area contributed by atoms with Crippen LogP contribution in [0.3, 0.4) is 0 Å². The second-order valence-corrected chi connectivity index (χ2v) is 6.38. The highest BCUT2D eigenvalue weighted by Gasteiger charge is 2.10. The summed E-state index contributed by atoms with van der Waals surface area (Å²) in [7, 11) is 1.58. The molecule has 5 heteroatoms. The zero-order chi connectivity index (χ0) is 15.2. The molecule has 0 aliphatic rings. The molecule has 0 atom stereocenters.